The zero-order valence-electron chi connectivity index (χ0n) is 11.2. The van der Waals surface area contributed by atoms with E-state index >= 15 is 0 Å². The molecule has 0 aliphatic carbocycles. The molecule has 6 heteroatoms. The van der Waals surface area contributed by atoms with E-state index in [-0.39, 0.29) is 10.6 Å². The van der Waals surface area contributed by atoms with Crippen LogP contribution in [0.3, 0.4) is 0 Å². The number of nitrogen functional groups attached to an aromatic ring is 1. The molecule has 0 aliphatic rings. The lowest BCUT2D eigenvalue weighted by molar-refractivity contribution is 0.598. The van der Waals surface area contributed by atoms with Crippen LogP contribution in [0.5, 0.6) is 0 Å². The fourth-order valence-corrected chi connectivity index (χ4v) is 2.73. The molecule has 5 nitrogen and oxygen atoms in total. The maximum atomic E-state index is 11.4. The van der Waals surface area contributed by atoms with Crippen LogP contribution in [-0.2, 0) is 10.0 Å². The van der Waals surface area contributed by atoms with Crippen molar-refractivity contribution in [3.63, 3.8) is 0 Å². The SMILES string of the molecule is CCN(c1ccccc1)c1ccc(S(N)(=O)=O)c(N)c1. The van der Waals surface area contributed by atoms with Crippen LogP contribution in [0.15, 0.2) is 53.4 Å². The van der Waals surface area contributed by atoms with Crippen LogP contribution in [0.4, 0.5) is 17.1 Å². The number of sulfonamides is 1. The summed E-state index contributed by atoms with van der Waals surface area (Å²) in [4.78, 5) is 1.98. The van der Waals surface area contributed by atoms with E-state index in [2.05, 4.69) is 0 Å². The van der Waals surface area contributed by atoms with Crippen molar-refractivity contribution in [1.29, 1.82) is 0 Å². The highest BCUT2D eigenvalue weighted by Gasteiger charge is 2.14. The molecule has 2 aromatic carbocycles. The van der Waals surface area contributed by atoms with E-state index in [9.17, 15) is 8.42 Å². The molecule has 0 saturated heterocycles. The highest BCUT2D eigenvalue weighted by atomic mass is 32.2. The summed E-state index contributed by atoms with van der Waals surface area (Å²) in [5.74, 6) is 0. The zero-order valence-corrected chi connectivity index (χ0v) is 12.0. The number of benzene rings is 2. The molecule has 0 unspecified atom stereocenters. The maximum absolute atomic E-state index is 11.4. The monoisotopic (exact) mass is 291 g/mol. The van der Waals surface area contributed by atoms with Gasteiger partial charge >= 0.3 is 0 Å². The fraction of sp³-hybridized carbons (Fsp3) is 0.143. The van der Waals surface area contributed by atoms with Crippen LogP contribution in [0, 0.1) is 0 Å². The third-order valence-electron chi connectivity index (χ3n) is 3.00. The molecule has 106 valence electrons. The van der Waals surface area contributed by atoms with Crippen LogP contribution in [-0.4, -0.2) is 15.0 Å². The normalized spacial score (nSPS) is 11.3. The van der Waals surface area contributed by atoms with Crippen LogP contribution in [0.2, 0.25) is 0 Å². The Morgan fingerprint density at radius 2 is 1.70 bits per heavy atom. The second kappa shape index (κ2) is 5.52. The molecule has 0 aliphatic heterocycles. The van der Waals surface area contributed by atoms with Crippen LogP contribution in [0.25, 0.3) is 0 Å². The minimum Gasteiger partial charge on any atom is -0.398 e. The van der Waals surface area contributed by atoms with Crippen molar-refractivity contribution >= 4 is 27.1 Å². The average molecular weight is 291 g/mol. The Hall–Kier alpha value is -2.05. The molecule has 0 spiro atoms. The summed E-state index contributed by atoms with van der Waals surface area (Å²) in [5.41, 5.74) is 7.78. The van der Waals surface area contributed by atoms with E-state index in [0.29, 0.717) is 0 Å². The summed E-state index contributed by atoms with van der Waals surface area (Å²) in [6.45, 7) is 2.74. The Labute approximate surface area is 118 Å². The minimum atomic E-state index is -3.79. The van der Waals surface area contributed by atoms with Crippen molar-refractivity contribution < 1.29 is 8.42 Å². The molecule has 0 radical (unpaired) electrons. The Balaban J connectivity index is 2.45. The van der Waals surface area contributed by atoms with Gasteiger partial charge in [-0.15, -0.1) is 0 Å². The van der Waals surface area contributed by atoms with Crippen molar-refractivity contribution in [2.45, 2.75) is 11.8 Å². The number of hydrogen-bond acceptors (Lipinski definition) is 4. The van der Waals surface area contributed by atoms with Gasteiger partial charge < -0.3 is 10.6 Å². The number of anilines is 3. The molecule has 2 rings (SSSR count). The Morgan fingerprint density at radius 1 is 1.05 bits per heavy atom. The summed E-state index contributed by atoms with van der Waals surface area (Å²) in [7, 11) is -3.79. The second-order valence-corrected chi connectivity index (χ2v) is 5.88. The molecule has 0 amide bonds. The number of hydrogen-bond donors (Lipinski definition) is 2. The molecule has 0 bridgehead atoms. The summed E-state index contributed by atoms with van der Waals surface area (Å²) >= 11 is 0. The van der Waals surface area contributed by atoms with Crippen molar-refractivity contribution in [2.75, 3.05) is 17.2 Å². The third-order valence-corrected chi connectivity index (χ3v) is 3.98. The van der Waals surface area contributed by atoms with Gasteiger partial charge in [0, 0.05) is 17.9 Å². The maximum Gasteiger partial charge on any atom is 0.240 e. The first kappa shape index (κ1) is 14.4. The predicted octanol–water partition coefficient (Wildman–Crippen LogP) is 2.07. The third kappa shape index (κ3) is 2.92. The topological polar surface area (TPSA) is 89.4 Å². The molecular formula is C14H17N3O2S. The van der Waals surface area contributed by atoms with Gasteiger partial charge in [0.25, 0.3) is 0 Å². The minimum absolute atomic E-state index is 0.0506. The lowest BCUT2D eigenvalue weighted by Gasteiger charge is -2.24. The van der Waals surface area contributed by atoms with Gasteiger partial charge in [0.15, 0.2) is 0 Å². The number of nitrogens with zero attached hydrogens (tertiary/aromatic N) is 1. The molecular weight excluding hydrogens is 274 g/mol. The number of rotatable bonds is 4. The van der Waals surface area contributed by atoms with Gasteiger partial charge in [-0.05, 0) is 37.3 Å². The van der Waals surface area contributed by atoms with E-state index in [1.54, 1.807) is 12.1 Å². The van der Waals surface area contributed by atoms with E-state index < -0.39 is 10.0 Å². The van der Waals surface area contributed by atoms with Crippen LogP contribution >= 0.6 is 0 Å². The van der Waals surface area contributed by atoms with Crippen LogP contribution in [0.1, 0.15) is 6.92 Å². The first-order valence-corrected chi connectivity index (χ1v) is 7.73. The molecule has 0 heterocycles. The summed E-state index contributed by atoms with van der Waals surface area (Å²) in [6.07, 6.45) is 0. The quantitative estimate of drug-likeness (QED) is 0.844. The van der Waals surface area contributed by atoms with E-state index in [1.807, 2.05) is 42.2 Å². The van der Waals surface area contributed by atoms with Gasteiger partial charge in [0.05, 0.1) is 5.69 Å². The molecule has 2 aromatic rings. The van der Waals surface area contributed by atoms with Gasteiger partial charge in [-0.25, -0.2) is 13.6 Å². The molecule has 20 heavy (non-hydrogen) atoms. The number of nitrogens with two attached hydrogens (primary N) is 2. The Kier molecular flexibility index (Phi) is 3.96. The Morgan fingerprint density at radius 3 is 2.20 bits per heavy atom. The first-order chi connectivity index (χ1) is 9.43. The first-order valence-electron chi connectivity index (χ1n) is 6.18. The van der Waals surface area contributed by atoms with E-state index in [0.717, 1.165) is 17.9 Å². The van der Waals surface area contributed by atoms with Gasteiger partial charge in [-0.3, -0.25) is 0 Å². The molecule has 0 atom stereocenters. The molecule has 0 saturated carbocycles. The smallest absolute Gasteiger partial charge is 0.240 e. The van der Waals surface area contributed by atoms with Crippen LogP contribution < -0.4 is 15.8 Å². The molecule has 0 aromatic heterocycles. The van der Waals surface area contributed by atoms with Crippen molar-refractivity contribution in [3.8, 4) is 0 Å². The lowest BCUT2D eigenvalue weighted by Crippen LogP contribution is -2.18. The van der Waals surface area contributed by atoms with Gasteiger partial charge in [0.1, 0.15) is 4.90 Å². The van der Waals surface area contributed by atoms with Gasteiger partial charge in [-0.2, -0.15) is 0 Å². The largest absolute Gasteiger partial charge is 0.398 e. The molecule has 4 N–H and O–H groups in total. The zero-order chi connectivity index (χ0) is 14.8. The Bertz CT molecular complexity index is 700. The highest BCUT2D eigenvalue weighted by Crippen LogP contribution is 2.29. The van der Waals surface area contributed by atoms with Crippen molar-refractivity contribution in [1.82, 2.24) is 0 Å². The predicted molar refractivity (Wildman–Crippen MR) is 81.3 cm³/mol. The summed E-state index contributed by atoms with van der Waals surface area (Å²) in [5, 5.41) is 5.11. The summed E-state index contributed by atoms with van der Waals surface area (Å²) < 4.78 is 22.7. The van der Waals surface area contributed by atoms with E-state index in [1.165, 1.54) is 6.07 Å². The number of para-hydroxylation sites is 1. The standard InChI is InChI=1S/C14H17N3O2S/c1-2-17(11-6-4-3-5-7-11)12-8-9-14(13(15)10-12)20(16,18)19/h3-10H,2,15H2,1H3,(H2,16,18,19). The lowest BCUT2D eigenvalue weighted by atomic mass is 10.2. The van der Waals surface area contributed by atoms with E-state index in [4.69, 9.17) is 10.9 Å². The fourth-order valence-electron chi connectivity index (χ4n) is 2.09. The number of primary sulfonamides is 1. The van der Waals surface area contributed by atoms with Crippen molar-refractivity contribution in [2.24, 2.45) is 5.14 Å². The van der Waals surface area contributed by atoms with Gasteiger partial charge in [-0.1, -0.05) is 18.2 Å². The van der Waals surface area contributed by atoms with Gasteiger partial charge in [0.2, 0.25) is 10.0 Å². The summed E-state index contributed by atoms with van der Waals surface area (Å²) in [6, 6.07) is 14.5. The second-order valence-electron chi connectivity index (χ2n) is 4.35. The van der Waals surface area contributed by atoms with Crippen molar-refractivity contribution in [3.05, 3.63) is 48.5 Å². The average Bonchev–Trinajstić information content (AvgIpc) is 2.39. The molecule has 0 fully saturated rings. The highest BCUT2D eigenvalue weighted by molar-refractivity contribution is 7.89.